The zero-order valence-electron chi connectivity index (χ0n) is 14.6. The third-order valence-corrected chi connectivity index (χ3v) is 4.83. The summed E-state index contributed by atoms with van der Waals surface area (Å²) in [5, 5.41) is 10.3. The van der Waals surface area contributed by atoms with Crippen LogP contribution >= 0.6 is 0 Å². The standard InChI is InChI=1S/C20H25NO4/c1-24-17-7-2-5-15(13-17)9-10-20(23)21-11-3-6-16(21)14-18(22)19-8-4-12-25-19/h2,4-5,7-8,12-13,16,18,22H,3,6,9-11,14H2,1H3/t16-,18+/m1/s1. The van der Waals surface area contributed by atoms with Gasteiger partial charge in [0.25, 0.3) is 0 Å². The van der Waals surface area contributed by atoms with E-state index in [1.54, 1.807) is 25.5 Å². The van der Waals surface area contributed by atoms with Gasteiger partial charge in [-0.1, -0.05) is 12.1 Å². The summed E-state index contributed by atoms with van der Waals surface area (Å²) < 4.78 is 10.5. The van der Waals surface area contributed by atoms with Crippen molar-refractivity contribution in [1.82, 2.24) is 4.90 Å². The molecule has 5 heteroatoms. The maximum absolute atomic E-state index is 12.6. The van der Waals surface area contributed by atoms with Gasteiger partial charge in [-0.2, -0.15) is 0 Å². The molecule has 1 amide bonds. The van der Waals surface area contributed by atoms with Gasteiger partial charge in [0, 0.05) is 25.4 Å². The number of hydrogen-bond acceptors (Lipinski definition) is 4. The molecule has 1 aromatic carbocycles. The third-order valence-electron chi connectivity index (χ3n) is 4.83. The number of likely N-dealkylation sites (tertiary alicyclic amines) is 1. The van der Waals surface area contributed by atoms with E-state index in [0.717, 1.165) is 30.7 Å². The Hall–Kier alpha value is -2.27. The Morgan fingerprint density at radius 3 is 3.04 bits per heavy atom. The first-order valence-electron chi connectivity index (χ1n) is 8.81. The van der Waals surface area contributed by atoms with Crippen LogP contribution < -0.4 is 4.74 Å². The first-order valence-corrected chi connectivity index (χ1v) is 8.81. The maximum atomic E-state index is 12.6. The summed E-state index contributed by atoms with van der Waals surface area (Å²) >= 11 is 0. The number of hydrogen-bond donors (Lipinski definition) is 1. The number of nitrogens with zero attached hydrogens (tertiary/aromatic N) is 1. The first kappa shape index (κ1) is 17.5. The molecule has 25 heavy (non-hydrogen) atoms. The van der Waals surface area contributed by atoms with Gasteiger partial charge in [0.05, 0.1) is 13.4 Å². The molecule has 0 spiro atoms. The zero-order valence-corrected chi connectivity index (χ0v) is 14.6. The average molecular weight is 343 g/mol. The number of carbonyl (C=O) groups excluding carboxylic acids is 1. The van der Waals surface area contributed by atoms with Crippen molar-refractivity contribution in [2.75, 3.05) is 13.7 Å². The van der Waals surface area contributed by atoms with Crippen molar-refractivity contribution >= 4 is 5.91 Å². The number of furan rings is 1. The molecule has 1 aliphatic heterocycles. The number of aliphatic hydroxyl groups excluding tert-OH is 1. The predicted octanol–water partition coefficient (Wildman–Crippen LogP) is 3.34. The predicted molar refractivity (Wildman–Crippen MR) is 94.3 cm³/mol. The Labute approximate surface area is 148 Å². The number of aliphatic hydroxyl groups is 1. The van der Waals surface area contributed by atoms with Crippen LogP contribution in [0, 0.1) is 0 Å². The van der Waals surface area contributed by atoms with Crippen molar-refractivity contribution in [3.63, 3.8) is 0 Å². The summed E-state index contributed by atoms with van der Waals surface area (Å²) in [6, 6.07) is 11.4. The topological polar surface area (TPSA) is 62.9 Å². The quantitative estimate of drug-likeness (QED) is 0.837. The molecule has 2 atom stereocenters. The highest BCUT2D eigenvalue weighted by atomic mass is 16.5. The van der Waals surface area contributed by atoms with E-state index in [9.17, 15) is 9.90 Å². The minimum absolute atomic E-state index is 0.0814. The SMILES string of the molecule is COc1cccc(CCC(=O)N2CCC[C@@H]2C[C@H](O)c2ccco2)c1. The van der Waals surface area contributed by atoms with E-state index in [1.807, 2.05) is 29.2 Å². The summed E-state index contributed by atoms with van der Waals surface area (Å²) in [6.07, 6.45) is 4.51. The molecule has 134 valence electrons. The van der Waals surface area contributed by atoms with Crippen LogP contribution in [0.1, 0.15) is 43.1 Å². The molecule has 2 aromatic rings. The Bertz CT molecular complexity index is 683. The van der Waals surface area contributed by atoms with Crippen LogP contribution in [0.15, 0.2) is 47.1 Å². The van der Waals surface area contributed by atoms with E-state index in [1.165, 1.54) is 0 Å². The van der Waals surface area contributed by atoms with Crippen LogP contribution in [0.3, 0.4) is 0 Å². The fraction of sp³-hybridized carbons (Fsp3) is 0.450. The molecule has 0 unspecified atom stereocenters. The minimum atomic E-state index is -0.660. The summed E-state index contributed by atoms with van der Waals surface area (Å²) in [5.74, 6) is 1.53. The van der Waals surface area contributed by atoms with Gasteiger partial charge in [-0.3, -0.25) is 4.79 Å². The van der Waals surface area contributed by atoms with Crippen molar-refractivity contribution in [3.05, 3.63) is 54.0 Å². The second-order valence-electron chi connectivity index (χ2n) is 6.50. The van der Waals surface area contributed by atoms with Crippen LogP contribution in [0.5, 0.6) is 5.75 Å². The highest BCUT2D eigenvalue weighted by Crippen LogP contribution is 2.28. The second kappa shape index (κ2) is 8.21. The number of amides is 1. The Morgan fingerprint density at radius 2 is 2.28 bits per heavy atom. The number of carbonyl (C=O) groups is 1. The van der Waals surface area contributed by atoms with Gasteiger partial charge in [0.1, 0.15) is 17.6 Å². The largest absolute Gasteiger partial charge is 0.497 e. The van der Waals surface area contributed by atoms with Gasteiger partial charge in [-0.25, -0.2) is 0 Å². The van der Waals surface area contributed by atoms with Crippen molar-refractivity contribution in [1.29, 1.82) is 0 Å². The molecule has 0 radical (unpaired) electrons. The van der Waals surface area contributed by atoms with Gasteiger partial charge in [-0.05, 0) is 49.1 Å². The Balaban J connectivity index is 1.55. The summed E-state index contributed by atoms with van der Waals surface area (Å²) in [6.45, 7) is 0.770. The van der Waals surface area contributed by atoms with E-state index in [4.69, 9.17) is 9.15 Å². The first-order chi connectivity index (χ1) is 12.2. The lowest BCUT2D eigenvalue weighted by atomic mass is 10.0. The van der Waals surface area contributed by atoms with Gasteiger partial charge in [0.2, 0.25) is 5.91 Å². The van der Waals surface area contributed by atoms with Gasteiger partial charge >= 0.3 is 0 Å². The normalized spacial score (nSPS) is 18.3. The molecule has 1 aromatic heterocycles. The number of rotatable bonds is 7. The highest BCUT2D eigenvalue weighted by molar-refractivity contribution is 5.77. The number of ether oxygens (including phenoxy) is 1. The van der Waals surface area contributed by atoms with E-state index >= 15 is 0 Å². The molecule has 0 aliphatic carbocycles. The van der Waals surface area contributed by atoms with Crippen LogP contribution in [-0.2, 0) is 11.2 Å². The third kappa shape index (κ3) is 4.42. The molecular weight excluding hydrogens is 318 g/mol. The molecular formula is C20H25NO4. The molecule has 1 aliphatic rings. The molecule has 5 nitrogen and oxygen atoms in total. The van der Waals surface area contributed by atoms with Crippen LogP contribution in [0.2, 0.25) is 0 Å². The van der Waals surface area contributed by atoms with Crippen molar-refractivity contribution in [3.8, 4) is 5.75 Å². The number of aryl methyl sites for hydroxylation is 1. The average Bonchev–Trinajstić information content (AvgIpc) is 3.31. The van der Waals surface area contributed by atoms with Crippen molar-refractivity contribution in [2.24, 2.45) is 0 Å². The summed E-state index contributed by atoms with van der Waals surface area (Å²) in [7, 11) is 1.64. The fourth-order valence-electron chi connectivity index (χ4n) is 3.49. The number of benzene rings is 1. The Kier molecular flexibility index (Phi) is 5.76. The zero-order chi connectivity index (χ0) is 17.6. The van der Waals surface area contributed by atoms with Gasteiger partial charge in [0.15, 0.2) is 0 Å². The Morgan fingerprint density at radius 1 is 1.40 bits per heavy atom. The fourth-order valence-corrected chi connectivity index (χ4v) is 3.49. The molecule has 2 heterocycles. The molecule has 1 N–H and O–H groups in total. The molecule has 1 saturated heterocycles. The van der Waals surface area contributed by atoms with Gasteiger partial charge < -0.3 is 19.2 Å². The van der Waals surface area contributed by atoms with Crippen LogP contribution in [-0.4, -0.2) is 35.6 Å². The van der Waals surface area contributed by atoms with E-state index in [2.05, 4.69) is 0 Å². The smallest absolute Gasteiger partial charge is 0.223 e. The maximum Gasteiger partial charge on any atom is 0.223 e. The van der Waals surface area contributed by atoms with Gasteiger partial charge in [-0.15, -0.1) is 0 Å². The lowest BCUT2D eigenvalue weighted by molar-refractivity contribution is -0.132. The highest BCUT2D eigenvalue weighted by Gasteiger charge is 2.30. The summed E-state index contributed by atoms with van der Waals surface area (Å²) in [5.41, 5.74) is 1.10. The molecule has 1 fully saturated rings. The van der Waals surface area contributed by atoms with Crippen molar-refractivity contribution < 1.29 is 19.1 Å². The second-order valence-corrected chi connectivity index (χ2v) is 6.50. The number of methoxy groups -OCH3 is 1. The van der Waals surface area contributed by atoms with Crippen LogP contribution in [0.4, 0.5) is 0 Å². The molecule has 0 bridgehead atoms. The molecule has 0 saturated carbocycles. The summed E-state index contributed by atoms with van der Waals surface area (Å²) in [4.78, 5) is 14.6. The minimum Gasteiger partial charge on any atom is -0.497 e. The van der Waals surface area contributed by atoms with E-state index in [-0.39, 0.29) is 11.9 Å². The van der Waals surface area contributed by atoms with E-state index < -0.39 is 6.10 Å². The monoisotopic (exact) mass is 343 g/mol. The van der Waals surface area contributed by atoms with E-state index in [0.29, 0.717) is 25.0 Å². The van der Waals surface area contributed by atoms with Crippen LogP contribution in [0.25, 0.3) is 0 Å². The van der Waals surface area contributed by atoms with Crippen molar-refractivity contribution in [2.45, 2.75) is 44.2 Å². The lowest BCUT2D eigenvalue weighted by Crippen LogP contribution is -2.36. The lowest BCUT2D eigenvalue weighted by Gasteiger charge is -2.26. The molecule has 3 rings (SSSR count).